The molecule has 0 saturated carbocycles. The summed E-state index contributed by atoms with van der Waals surface area (Å²) in [6.45, 7) is 2.16. The highest BCUT2D eigenvalue weighted by Crippen LogP contribution is 2.29. The van der Waals surface area contributed by atoms with Gasteiger partial charge in [0.25, 0.3) is 0 Å². The number of carbonyl (C=O) groups is 3. The van der Waals surface area contributed by atoms with Crippen molar-refractivity contribution in [2.24, 2.45) is 4.99 Å². The molecule has 1 fully saturated rings. The first-order chi connectivity index (χ1) is 16.4. The fraction of sp³-hybridized carbons (Fsp3) is 0.250. The largest absolute Gasteiger partial charge is 0.442 e. The molecule has 0 bridgehead atoms. The summed E-state index contributed by atoms with van der Waals surface area (Å²) < 4.78 is 20.1. The minimum Gasteiger partial charge on any atom is -0.442 e. The van der Waals surface area contributed by atoms with Gasteiger partial charge in [-0.15, -0.1) is 0 Å². The minimum atomic E-state index is -0.590. The molecule has 0 spiro atoms. The van der Waals surface area contributed by atoms with Gasteiger partial charge in [-0.25, -0.2) is 14.0 Å². The number of carbonyl (C=O) groups excluding carboxylic acids is 3. The Balaban J connectivity index is 1.36. The van der Waals surface area contributed by atoms with E-state index in [4.69, 9.17) is 4.74 Å². The number of halogens is 1. The number of urea groups is 1. The van der Waals surface area contributed by atoms with Gasteiger partial charge in [0, 0.05) is 36.5 Å². The van der Waals surface area contributed by atoms with Crippen LogP contribution in [0.1, 0.15) is 13.3 Å². The van der Waals surface area contributed by atoms with Crippen LogP contribution in [-0.4, -0.2) is 49.5 Å². The molecule has 2 aromatic rings. The molecule has 2 aliphatic rings. The maximum absolute atomic E-state index is 14.9. The Labute approximate surface area is 195 Å². The van der Waals surface area contributed by atoms with E-state index >= 15 is 0 Å². The van der Waals surface area contributed by atoms with Crippen molar-refractivity contribution >= 4 is 35.1 Å². The van der Waals surface area contributed by atoms with Crippen LogP contribution >= 0.6 is 0 Å². The molecule has 3 N–H and O–H groups in total. The molecule has 0 aliphatic carbocycles. The van der Waals surface area contributed by atoms with Gasteiger partial charge in [0.1, 0.15) is 11.9 Å². The molecule has 2 aromatic carbocycles. The van der Waals surface area contributed by atoms with Crippen LogP contribution in [0.2, 0.25) is 0 Å². The Morgan fingerprint density at radius 1 is 1.18 bits per heavy atom. The molecule has 0 unspecified atom stereocenters. The van der Waals surface area contributed by atoms with E-state index in [0.29, 0.717) is 29.0 Å². The zero-order valence-corrected chi connectivity index (χ0v) is 18.5. The third-order valence-electron chi connectivity index (χ3n) is 5.34. The van der Waals surface area contributed by atoms with E-state index in [-0.39, 0.29) is 25.0 Å². The molecule has 0 aromatic heterocycles. The van der Waals surface area contributed by atoms with Gasteiger partial charge in [-0.1, -0.05) is 18.2 Å². The van der Waals surface area contributed by atoms with Crippen LogP contribution in [0.5, 0.6) is 0 Å². The number of benzene rings is 2. The SMILES string of the molecule is CC(=O)NC[C@H]1CN(c2ccc(-c3ccc(NC(=O)NCC4=NC=CC4)cc3)c(F)c2)C(=O)O1. The molecule has 34 heavy (non-hydrogen) atoms. The fourth-order valence-corrected chi connectivity index (χ4v) is 3.61. The normalized spacial score (nSPS) is 16.8. The Kier molecular flexibility index (Phi) is 6.86. The van der Waals surface area contributed by atoms with Gasteiger partial charge in [-0.05, 0) is 35.9 Å². The van der Waals surface area contributed by atoms with E-state index in [0.717, 1.165) is 12.1 Å². The first kappa shape index (κ1) is 23.0. The molecule has 9 nitrogen and oxygen atoms in total. The summed E-state index contributed by atoms with van der Waals surface area (Å²) in [4.78, 5) is 40.7. The maximum atomic E-state index is 14.9. The molecule has 4 amide bonds. The van der Waals surface area contributed by atoms with Gasteiger partial charge in [0.2, 0.25) is 5.91 Å². The Morgan fingerprint density at radius 3 is 2.65 bits per heavy atom. The monoisotopic (exact) mass is 465 g/mol. The van der Waals surface area contributed by atoms with Gasteiger partial charge in [0.15, 0.2) is 0 Å². The number of anilines is 2. The number of amides is 4. The molecule has 176 valence electrons. The van der Waals surface area contributed by atoms with Crippen molar-refractivity contribution in [2.75, 3.05) is 29.9 Å². The third kappa shape index (κ3) is 5.58. The summed E-state index contributed by atoms with van der Waals surface area (Å²) in [5.74, 6) is -0.719. The van der Waals surface area contributed by atoms with Crippen molar-refractivity contribution in [1.82, 2.24) is 10.6 Å². The van der Waals surface area contributed by atoms with E-state index in [1.165, 1.54) is 17.9 Å². The highest BCUT2D eigenvalue weighted by Gasteiger charge is 2.32. The van der Waals surface area contributed by atoms with E-state index in [1.54, 1.807) is 42.6 Å². The Bertz CT molecular complexity index is 1160. The molecule has 2 heterocycles. The second-order valence-electron chi connectivity index (χ2n) is 7.89. The summed E-state index contributed by atoms with van der Waals surface area (Å²) in [5, 5.41) is 8.07. The van der Waals surface area contributed by atoms with Crippen LogP contribution in [0.15, 0.2) is 59.7 Å². The first-order valence-corrected chi connectivity index (χ1v) is 10.8. The lowest BCUT2D eigenvalue weighted by molar-refractivity contribution is -0.119. The second kappa shape index (κ2) is 10.2. The van der Waals surface area contributed by atoms with Crippen molar-refractivity contribution in [1.29, 1.82) is 0 Å². The number of nitrogens with one attached hydrogen (secondary N) is 3. The first-order valence-electron chi connectivity index (χ1n) is 10.8. The van der Waals surface area contributed by atoms with Crippen molar-refractivity contribution < 1.29 is 23.5 Å². The number of hydrogen-bond donors (Lipinski definition) is 3. The van der Waals surface area contributed by atoms with Crippen LogP contribution in [-0.2, 0) is 9.53 Å². The highest BCUT2D eigenvalue weighted by atomic mass is 19.1. The number of rotatable bonds is 7. The molecule has 1 saturated heterocycles. The Hall–Kier alpha value is -4.21. The van der Waals surface area contributed by atoms with E-state index in [9.17, 15) is 18.8 Å². The number of cyclic esters (lactones) is 1. The standard InChI is InChI=1S/C24H24FN5O4/c1-15(31)27-13-20-14-30(24(33)34-20)19-8-9-21(22(25)11-19)16-4-6-17(7-5-16)29-23(32)28-12-18-3-2-10-26-18/h2,4-11,20H,3,12-14H2,1H3,(H,27,31)(H2,28,29,32)/t20-/m0/s1. The molecule has 0 radical (unpaired) electrons. The van der Waals surface area contributed by atoms with Crippen molar-refractivity contribution in [3.63, 3.8) is 0 Å². The molecule has 10 heteroatoms. The average molecular weight is 465 g/mol. The van der Waals surface area contributed by atoms with E-state index in [1.807, 2.05) is 6.08 Å². The van der Waals surface area contributed by atoms with Gasteiger partial charge in [0.05, 0.1) is 25.3 Å². The van der Waals surface area contributed by atoms with Crippen molar-refractivity contribution in [2.45, 2.75) is 19.4 Å². The molecular weight excluding hydrogens is 441 g/mol. The quantitative estimate of drug-likeness (QED) is 0.582. The lowest BCUT2D eigenvalue weighted by atomic mass is 10.0. The molecule has 1 atom stereocenters. The van der Waals surface area contributed by atoms with Crippen LogP contribution in [0.3, 0.4) is 0 Å². The predicted molar refractivity (Wildman–Crippen MR) is 126 cm³/mol. The lowest BCUT2D eigenvalue weighted by Gasteiger charge is -2.15. The van der Waals surface area contributed by atoms with Crippen LogP contribution in [0.4, 0.5) is 25.4 Å². The van der Waals surface area contributed by atoms with Crippen LogP contribution in [0, 0.1) is 5.82 Å². The van der Waals surface area contributed by atoms with E-state index in [2.05, 4.69) is 20.9 Å². The molecule has 2 aliphatic heterocycles. The number of allylic oxidation sites excluding steroid dienone is 1. The molecule has 4 rings (SSSR count). The summed E-state index contributed by atoms with van der Waals surface area (Å²) in [6.07, 6.45) is 3.27. The number of aliphatic imine (C=N–C) groups is 1. The topological polar surface area (TPSA) is 112 Å². The van der Waals surface area contributed by atoms with Crippen molar-refractivity contribution in [3.8, 4) is 11.1 Å². The third-order valence-corrected chi connectivity index (χ3v) is 5.34. The minimum absolute atomic E-state index is 0.197. The van der Waals surface area contributed by atoms with Crippen LogP contribution < -0.4 is 20.9 Å². The zero-order valence-electron chi connectivity index (χ0n) is 18.5. The van der Waals surface area contributed by atoms with Gasteiger partial charge in [-0.3, -0.25) is 14.7 Å². The summed E-state index contributed by atoms with van der Waals surface area (Å²) in [5.41, 5.74) is 2.79. The summed E-state index contributed by atoms with van der Waals surface area (Å²) in [7, 11) is 0. The number of hydrogen-bond acceptors (Lipinski definition) is 5. The Morgan fingerprint density at radius 2 is 1.97 bits per heavy atom. The highest BCUT2D eigenvalue weighted by molar-refractivity contribution is 5.96. The van der Waals surface area contributed by atoms with Gasteiger partial charge >= 0.3 is 12.1 Å². The smallest absolute Gasteiger partial charge is 0.414 e. The van der Waals surface area contributed by atoms with Gasteiger partial charge in [-0.2, -0.15) is 0 Å². The average Bonchev–Trinajstić information content (AvgIpc) is 3.46. The fourth-order valence-electron chi connectivity index (χ4n) is 3.61. The maximum Gasteiger partial charge on any atom is 0.414 e. The van der Waals surface area contributed by atoms with E-state index < -0.39 is 18.0 Å². The van der Waals surface area contributed by atoms with Crippen LogP contribution in [0.25, 0.3) is 11.1 Å². The summed E-state index contributed by atoms with van der Waals surface area (Å²) >= 11 is 0. The number of ether oxygens (including phenoxy) is 1. The summed E-state index contributed by atoms with van der Waals surface area (Å²) in [6, 6.07) is 10.9. The second-order valence-corrected chi connectivity index (χ2v) is 7.89. The predicted octanol–water partition coefficient (Wildman–Crippen LogP) is 3.43. The van der Waals surface area contributed by atoms with Crippen molar-refractivity contribution in [3.05, 3.63) is 60.6 Å². The lowest BCUT2D eigenvalue weighted by Crippen LogP contribution is -2.33. The van der Waals surface area contributed by atoms with Gasteiger partial charge < -0.3 is 20.7 Å². The number of nitrogens with zero attached hydrogens (tertiary/aromatic N) is 2. The molecular formula is C24H24FN5O4. The zero-order chi connectivity index (χ0) is 24.1.